The van der Waals surface area contributed by atoms with Crippen LogP contribution in [0.5, 0.6) is 0 Å². The van der Waals surface area contributed by atoms with Crippen LogP contribution < -0.4 is 5.32 Å². The van der Waals surface area contributed by atoms with Gasteiger partial charge >= 0.3 is 5.97 Å². The number of nitrogens with zero attached hydrogens (tertiary/aromatic N) is 2. The van der Waals surface area contributed by atoms with Crippen molar-refractivity contribution in [1.82, 2.24) is 15.4 Å². The summed E-state index contributed by atoms with van der Waals surface area (Å²) >= 11 is 0. The molecule has 3 atom stereocenters. The average molecular weight is 451 g/mol. The molecule has 1 aliphatic heterocycles. The number of halogens is 3. The molecule has 1 amide bonds. The largest absolute Gasteiger partial charge is 0.466 e. The van der Waals surface area contributed by atoms with Gasteiger partial charge in [-0.2, -0.15) is 0 Å². The standard InChI is InChI=1S/C22H24F3N3O4/c1-2-31-22(30)15-11-28(20(25)12-3-4-12)8-7-17(15)26-21(29)18-10-19(32-27-18)14-6-5-13(23)9-16(14)24/h5-6,9-10,12,15,17,20H,2-4,7-8,11H2,1H3,(H,26,29)/t15-,17-,20?/m0/s1. The number of alkyl halides is 1. The van der Waals surface area contributed by atoms with E-state index in [0.717, 1.165) is 18.9 Å². The number of piperidine rings is 1. The van der Waals surface area contributed by atoms with E-state index in [-0.39, 0.29) is 36.1 Å². The Morgan fingerprint density at radius 2 is 2.06 bits per heavy atom. The van der Waals surface area contributed by atoms with Gasteiger partial charge in [-0.05, 0) is 38.3 Å². The van der Waals surface area contributed by atoms with Crippen molar-refractivity contribution >= 4 is 11.9 Å². The van der Waals surface area contributed by atoms with Crippen LogP contribution in [0.25, 0.3) is 11.3 Å². The fraction of sp³-hybridized carbons (Fsp3) is 0.500. The summed E-state index contributed by atoms with van der Waals surface area (Å²) in [6.45, 7) is 2.39. The number of carbonyl (C=O) groups excluding carboxylic acids is 2. The number of nitrogens with one attached hydrogen (secondary N) is 1. The Morgan fingerprint density at radius 3 is 2.75 bits per heavy atom. The summed E-state index contributed by atoms with van der Waals surface area (Å²) in [5.74, 6) is -3.46. The minimum atomic E-state index is -1.10. The first-order chi connectivity index (χ1) is 15.4. The molecular formula is C22H24F3N3O4. The molecule has 1 saturated heterocycles. The van der Waals surface area contributed by atoms with Gasteiger partial charge in [0.1, 0.15) is 11.6 Å². The lowest BCUT2D eigenvalue weighted by Gasteiger charge is -2.38. The molecule has 32 heavy (non-hydrogen) atoms. The zero-order valence-corrected chi connectivity index (χ0v) is 17.5. The molecule has 1 aliphatic carbocycles. The summed E-state index contributed by atoms with van der Waals surface area (Å²) in [6.07, 6.45) is 0.933. The van der Waals surface area contributed by atoms with Crippen molar-refractivity contribution in [2.75, 3.05) is 19.7 Å². The molecule has 1 N–H and O–H groups in total. The number of benzene rings is 1. The molecule has 1 saturated carbocycles. The van der Waals surface area contributed by atoms with E-state index < -0.39 is 41.8 Å². The Hall–Kier alpha value is -2.88. The van der Waals surface area contributed by atoms with E-state index in [2.05, 4.69) is 10.5 Å². The van der Waals surface area contributed by atoms with Crippen molar-refractivity contribution in [3.63, 3.8) is 0 Å². The van der Waals surface area contributed by atoms with Crippen LogP contribution in [0.3, 0.4) is 0 Å². The molecule has 2 heterocycles. The van der Waals surface area contributed by atoms with E-state index in [1.807, 2.05) is 0 Å². The van der Waals surface area contributed by atoms with Crippen molar-refractivity contribution in [1.29, 1.82) is 0 Å². The summed E-state index contributed by atoms with van der Waals surface area (Å²) in [7, 11) is 0. The van der Waals surface area contributed by atoms with E-state index in [4.69, 9.17) is 9.26 Å². The van der Waals surface area contributed by atoms with Crippen molar-refractivity contribution in [3.8, 4) is 11.3 Å². The zero-order valence-electron chi connectivity index (χ0n) is 17.5. The second kappa shape index (κ2) is 9.32. The first-order valence-electron chi connectivity index (χ1n) is 10.6. The maximum Gasteiger partial charge on any atom is 0.312 e. The van der Waals surface area contributed by atoms with Gasteiger partial charge in [0.2, 0.25) is 0 Å². The molecule has 10 heteroatoms. The predicted molar refractivity (Wildman–Crippen MR) is 107 cm³/mol. The Bertz CT molecular complexity index is 995. The van der Waals surface area contributed by atoms with Crippen LogP contribution in [0.1, 0.15) is 36.7 Å². The highest BCUT2D eigenvalue weighted by atomic mass is 19.1. The van der Waals surface area contributed by atoms with Gasteiger partial charge in [-0.25, -0.2) is 13.2 Å². The van der Waals surface area contributed by atoms with E-state index in [1.165, 1.54) is 12.1 Å². The molecule has 4 rings (SSSR count). The maximum atomic E-state index is 14.6. The average Bonchev–Trinajstić information content (AvgIpc) is 3.50. The number of ether oxygens (including phenoxy) is 1. The number of aromatic nitrogens is 1. The van der Waals surface area contributed by atoms with Crippen LogP contribution in [-0.2, 0) is 9.53 Å². The minimum absolute atomic E-state index is 0.00407. The van der Waals surface area contributed by atoms with Gasteiger partial charge < -0.3 is 14.6 Å². The van der Waals surface area contributed by atoms with Crippen molar-refractivity contribution in [2.24, 2.45) is 11.8 Å². The highest BCUT2D eigenvalue weighted by molar-refractivity contribution is 5.93. The topological polar surface area (TPSA) is 84.7 Å². The molecule has 1 unspecified atom stereocenters. The Balaban J connectivity index is 1.46. The third kappa shape index (κ3) is 4.79. The van der Waals surface area contributed by atoms with Gasteiger partial charge in [-0.15, -0.1) is 0 Å². The lowest BCUT2D eigenvalue weighted by atomic mass is 9.91. The third-order valence-electron chi connectivity index (χ3n) is 5.85. The first-order valence-corrected chi connectivity index (χ1v) is 10.6. The van der Waals surface area contributed by atoms with Gasteiger partial charge in [0.05, 0.1) is 18.1 Å². The van der Waals surface area contributed by atoms with Gasteiger partial charge in [-0.3, -0.25) is 14.5 Å². The Morgan fingerprint density at radius 1 is 1.28 bits per heavy atom. The fourth-order valence-electron chi connectivity index (χ4n) is 3.97. The lowest BCUT2D eigenvalue weighted by Crippen LogP contribution is -2.55. The highest BCUT2D eigenvalue weighted by Crippen LogP contribution is 2.37. The molecule has 0 radical (unpaired) electrons. The SMILES string of the molecule is CCOC(=O)[C@H]1CN(C(F)C2CC2)CC[C@@H]1NC(=O)c1cc(-c2ccc(F)cc2F)on1. The summed E-state index contributed by atoms with van der Waals surface area (Å²) in [6, 6.07) is 3.62. The minimum Gasteiger partial charge on any atom is -0.466 e. The first kappa shape index (κ1) is 22.3. The number of hydrogen-bond donors (Lipinski definition) is 1. The third-order valence-corrected chi connectivity index (χ3v) is 5.85. The molecule has 1 aromatic carbocycles. The molecule has 7 nitrogen and oxygen atoms in total. The molecule has 2 aromatic rings. The number of rotatable bonds is 7. The van der Waals surface area contributed by atoms with Gasteiger partial charge in [-0.1, -0.05) is 5.16 Å². The van der Waals surface area contributed by atoms with E-state index >= 15 is 0 Å². The van der Waals surface area contributed by atoms with E-state index in [1.54, 1.807) is 11.8 Å². The monoisotopic (exact) mass is 451 g/mol. The number of amides is 1. The van der Waals surface area contributed by atoms with Crippen LogP contribution in [0, 0.1) is 23.5 Å². The molecule has 2 fully saturated rings. The normalized spacial score (nSPS) is 22.4. The van der Waals surface area contributed by atoms with E-state index in [9.17, 15) is 22.8 Å². The molecular weight excluding hydrogens is 427 g/mol. The number of hydrogen-bond acceptors (Lipinski definition) is 6. The molecule has 0 bridgehead atoms. The van der Waals surface area contributed by atoms with E-state index in [0.29, 0.717) is 19.0 Å². The summed E-state index contributed by atoms with van der Waals surface area (Å²) in [5.41, 5.74) is -0.153. The number of esters is 1. The van der Waals surface area contributed by atoms with Crippen LogP contribution in [-0.4, -0.2) is 54.0 Å². The number of carbonyl (C=O) groups is 2. The van der Waals surface area contributed by atoms with Crippen molar-refractivity contribution in [3.05, 3.63) is 41.6 Å². The second-order valence-electron chi connectivity index (χ2n) is 8.13. The van der Waals surface area contributed by atoms with Gasteiger partial charge in [0, 0.05) is 37.2 Å². The fourth-order valence-corrected chi connectivity index (χ4v) is 3.97. The smallest absolute Gasteiger partial charge is 0.312 e. The molecule has 1 aromatic heterocycles. The predicted octanol–water partition coefficient (Wildman–Crippen LogP) is 3.31. The summed E-state index contributed by atoms with van der Waals surface area (Å²) < 4.78 is 51.9. The second-order valence-corrected chi connectivity index (χ2v) is 8.13. The van der Waals surface area contributed by atoms with Crippen LogP contribution in [0.15, 0.2) is 28.8 Å². The van der Waals surface area contributed by atoms with Crippen molar-refractivity contribution < 1.29 is 32.0 Å². The molecule has 2 aliphatic rings. The highest BCUT2D eigenvalue weighted by Gasteiger charge is 2.43. The summed E-state index contributed by atoms with van der Waals surface area (Å²) in [5, 5.41) is 6.42. The maximum absolute atomic E-state index is 14.6. The van der Waals surface area contributed by atoms with Crippen LogP contribution >= 0.6 is 0 Å². The molecule has 0 spiro atoms. The zero-order chi connectivity index (χ0) is 22.8. The lowest BCUT2D eigenvalue weighted by molar-refractivity contribution is -0.152. The Labute approximate surface area is 182 Å². The molecule has 172 valence electrons. The van der Waals surface area contributed by atoms with Crippen molar-refractivity contribution in [2.45, 2.75) is 38.5 Å². The Kier molecular flexibility index (Phi) is 6.50. The van der Waals surface area contributed by atoms with Gasteiger partial charge in [0.15, 0.2) is 17.7 Å². The quantitative estimate of drug-likeness (QED) is 0.514. The summed E-state index contributed by atoms with van der Waals surface area (Å²) in [4.78, 5) is 26.9. The van der Waals surface area contributed by atoms with Crippen LogP contribution in [0.4, 0.5) is 13.2 Å². The number of likely N-dealkylation sites (tertiary alicyclic amines) is 1. The van der Waals surface area contributed by atoms with Crippen LogP contribution in [0.2, 0.25) is 0 Å². The van der Waals surface area contributed by atoms with Gasteiger partial charge in [0.25, 0.3) is 5.91 Å².